The Morgan fingerprint density at radius 2 is 2.18 bits per heavy atom. The van der Waals surface area contributed by atoms with Crippen molar-refractivity contribution in [3.63, 3.8) is 0 Å². The van der Waals surface area contributed by atoms with Crippen LogP contribution in [0.1, 0.15) is 5.56 Å². The van der Waals surface area contributed by atoms with Gasteiger partial charge in [-0.25, -0.2) is 0 Å². The Hall–Kier alpha value is -1.14. The van der Waals surface area contributed by atoms with E-state index in [1.54, 1.807) is 6.92 Å². The molecule has 1 aromatic rings. The van der Waals surface area contributed by atoms with Crippen LogP contribution in [0, 0.1) is 11.7 Å². The fourth-order valence-electron chi connectivity index (χ4n) is 1.11. The number of hydrogen-bond acceptors (Lipinski definition) is 3. The van der Waals surface area contributed by atoms with E-state index in [1.165, 1.54) is 0 Å². The summed E-state index contributed by atoms with van der Waals surface area (Å²) in [5, 5.41) is 3.19. The van der Waals surface area contributed by atoms with Crippen LogP contribution in [0.2, 0.25) is 0 Å². The predicted octanol–water partition coefficient (Wildman–Crippen LogP) is 1.57. The van der Waals surface area contributed by atoms with Gasteiger partial charge in [-0.1, -0.05) is 0 Å². The Kier molecular flexibility index (Phi) is 3.96. The van der Waals surface area contributed by atoms with Gasteiger partial charge in [-0.2, -0.15) is 0 Å². The Morgan fingerprint density at radius 3 is 3.00 bits per heavy atom. The molecular formula is C11H11AuN3OS. The summed E-state index contributed by atoms with van der Waals surface area (Å²) in [6.45, 7) is 1.78. The Morgan fingerprint density at radius 1 is 1.35 bits per heavy atom. The van der Waals surface area contributed by atoms with E-state index >= 15 is 0 Å². The minimum atomic E-state index is -0.348. The van der Waals surface area contributed by atoms with Gasteiger partial charge in [-0.3, -0.25) is 0 Å². The van der Waals surface area contributed by atoms with E-state index in [2.05, 4.69) is 10.3 Å². The average Bonchev–Trinajstić information content (AvgIpc) is 2.54. The molecule has 0 amide bonds. The summed E-state index contributed by atoms with van der Waals surface area (Å²) in [5.41, 5.74) is 0.561. The molecule has 0 bridgehead atoms. The first kappa shape index (κ1) is 12.3. The molecule has 0 fully saturated rings. The third-order valence-corrected chi connectivity index (χ3v) is 5.05. The molecule has 0 aromatic carbocycles. The first-order valence-corrected chi connectivity index (χ1v) is 7.34. The van der Waals surface area contributed by atoms with Gasteiger partial charge in [-0.15, -0.1) is 0 Å². The maximum atomic E-state index is 11.4. The third kappa shape index (κ3) is 3.17. The zero-order valence-corrected chi connectivity index (χ0v) is 12.0. The van der Waals surface area contributed by atoms with Crippen LogP contribution in [-0.2, 0) is 20.0 Å². The normalized spacial score (nSPS) is 14.3. The van der Waals surface area contributed by atoms with Crippen molar-refractivity contribution in [1.82, 2.24) is 13.3 Å². The van der Waals surface area contributed by atoms with Crippen LogP contribution >= 0.6 is 12.2 Å². The van der Waals surface area contributed by atoms with Crippen LogP contribution < -0.4 is 10.9 Å². The predicted molar refractivity (Wildman–Crippen MR) is 65.5 cm³/mol. The molecule has 0 atom stereocenters. The van der Waals surface area contributed by atoms with Gasteiger partial charge in [-0.05, 0) is 0 Å². The van der Waals surface area contributed by atoms with Crippen molar-refractivity contribution in [2.24, 2.45) is 0 Å². The van der Waals surface area contributed by atoms with Crippen molar-refractivity contribution < 1.29 is 20.0 Å². The molecule has 2 heterocycles. The molecule has 6 heteroatoms. The summed E-state index contributed by atoms with van der Waals surface area (Å²) >= 11 is 4.79. The van der Waals surface area contributed by atoms with Crippen LogP contribution in [0.25, 0.3) is 0 Å². The SMILES string of the molecule is Cc1c[n]([Au][C]2=CC=CC=CN2)c(=S)[nH]c1=O. The van der Waals surface area contributed by atoms with Crippen molar-refractivity contribution in [2.75, 3.05) is 0 Å². The second-order valence-corrected chi connectivity index (χ2v) is 6.36. The molecule has 0 radical (unpaired) electrons. The van der Waals surface area contributed by atoms with Gasteiger partial charge < -0.3 is 0 Å². The van der Waals surface area contributed by atoms with Gasteiger partial charge >= 0.3 is 114 Å². The summed E-state index contributed by atoms with van der Waals surface area (Å²) in [7, 11) is 0. The minimum absolute atomic E-state index is 0.115. The average molecular weight is 430 g/mol. The van der Waals surface area contributed by atoms with Gasteiger partial charge in [0.25, 0.3) is 0 Å². The van der Waals surface area contributed by atoms with E-state index < -0.39 is 0 Å². The van der Waals surface area contributed by atoms with Gasteiger partial charge in [0.2, 0.25) is 0 Å². The van der Waals surface area contributed by atoms with Crippen molar-refractivity contribution in [1.29, 1.82) is 0 Å². The van der Waals surface area contributed by atoms with Crippen LogP contribution in [0.5, 0.6) is 0 Å². The number of aromatic amines is 1. The zero-order chi connectivity index (χ0) is 12.3. The number of nitrogens with zero attached hydrogens (tertiary/aromatic N) is 1. The molecule has 2 rings (SSSR count). The number of hydrogen-bond donors (Lipinski definition) is 2. The van der Waals surface area contributed by atoms with Crippen molar-refractivity contribution >= 4 is 12.2 Å². The van der Waals surface area contributed by atoms with Crippen LogP contribution in [0.4, 0.5) is 0 Å². The van der Waals surface area contributed by atoms with Gasteiger partial charge in [0.05, 0.1) is 0 Å². The number of aromatic nitrogens is 2. The fourth-order valence-corrected chi connectivity index (χ4v) is 3.63. The first-order valence-electron chi connectivity index (χ1n) is 4.88. The molecule has 1 aliphatic rings. The van der Waals surface area contributed by atoms with Crippen molar-refractivity contribution in [2.45, 2.75) is 6.92 Å². The second-order valence-electron chi connectivity index (χ2n) is 3.27. The van der Waals surface area contributed by atoms with E-state index in [0.29, 0.717) is 10.3 Å². The monoisotopic (exact) mass is 430 g/mol. The Balaban J connectivity index is 2.31. The van der Waals surface area contributed by atoms with E-state index in [0.717, 1.165) is 3.91 Å². The second kappa shape index (κ2) is 5.46. The van der Waals surface area contributed by atoms with Crippen molar-refractivity contribution in [3.8, 4) is 0 Å². The zero-order valence-electron chi connectivity index (χ0n) is 9.03. The number of H-pyrrole nitrogens is 1. The summed E-state index contributed by atoms with van der Waals surface area (Å²) < 4.78 is 3.51. The molecule has 0 saturated carbocycles. The van der Waals surface area contributed by atoms with Crippen LogP contribution in [-0.4, -0.2) is 7.95 Å². The molecule has 0 saturated heterocycles. The topological polar surface area (TPSA) is 49.8 Å². The molecule has 0 aliphatic carbocycles. The van der Waals surface area contributed by atoms with E-state index in [4.69, 9.17) is 12.2 Å². The Labute approximate surface area is 113 Å². The fraction of sp³-hybridized carbons (Fsp3) is 0.0909. The summed E-state index contributed by atoms with van der Waals surface area (Å²) in [5.74, 6) is 0. The molecular weight excluding hydrogens is 419 g/mol. The van der Waals surface area contributed by atoms with Gasteiger partial charge in [0.1, 0.15) is 0 Å². The van der Waals surface area contributed by atoms with Gasteiger partial charge in [0, 0.05) is 0 Å². The summed E-state index contributed by atoms with van der Waals surface area (Å²) in [4.78, 5) is 14.0. The molecule has 1 aromatic heterocycles. The number of aryl methyl sites for hydroxylation is 1. The van der Waals surface area contributed by atoms with Crippen molar-refractivity contribution in [3.05, 3.63) is 61.3 Å². The molecule has 2 N–H and O–H groups in total. The maximum absolute atomic E-state index is 11.4. The molecule has 4 nitrogen and oxygen atoms in total. The Bertz CT molecular complexity index is 624. The number of allylic oxidation sites excluding steroid dienone is 4. The van der Waals surface area contributed by atoms with Crippen LogP contribution in [0.3, 0.4) is 0 Å². The first-order chi connectivity index (χ1) is 8.16. The number of nitrogens with one attached hydrogen (secondary N) is 2. The summed E-state index contributed by atoms with van der Waals surface area (Å²) in [6, 6.07) is 0. The standard InChI is InChI=1S/C6H6N.C5H6N2OS.Au/c1-2-4-6-7-5-3-1;1-3-2-6-5(9)7-4(3)8;/h1-5,7H;2H,1H3,(H2,6,7,8,9);/q;;+1/p-1. The number of rotatable bonds is 2. The van der Waals surface area contributed by atoms with E-state index in [9.17, 15) is 4.79 Å². The molecule has 0 unspecified atom stereocenters. The van der Waals surface area contributed by atoms with Crippen LogP contribution in [0.15, 0.2) is 45.4 Å². The molecule has 17 heavy (non-hydrogen) atoms. The molecule has 93 valence electrons. The molecule has 1 aliphatic heterocycles. The van der Waals surface area contributed by atoms with Gasteiger partial charge in [0.15, 0.2) is 0 Å². The van der Waals surface area contributed by atoms with E-state index in [1.807, 2.05) is 39.7 Å². The van der Waals surface area contributed by atoms with E-state index in [-0.39, 0.29) is 25.6 Å². The third-order valence-electron chi connectivity index (χ3n) is 1.96. The quantitative estimate of drug-likeness (QED) is 0.554. The molecule has 0 spiro atoms. The summed E-state index contributed by atoms with van der Waals surface area (Å²) in [6.07, 6.45) is 11.6.